The average molecular weight is 441 g/mol. The molecule has 174 valence electrons. The van der Waals surface area contributed by atoms with Crippen molar-refractivity contribution in [3.05, 3.63) is 59.7 Å². The van der Waals surface area contributed by atoms with E-state index in [4.69, 9.17) is 9.47 Å². The van der Waals surface area contributed by atoms with Crippen molar-refractivity contribution in [3.8, 4) is 11.5 Å². The monoisotopic (exact) mass is 440 g/mol. The fourth-order valence-electron chi connectivity index (χ4n) is 3.47. The third-order valence-corrected chi connectivity index (χ3v) is 5.73. The molecule has 1 N–H and O–H groups in total. The van der Waals surface area contributed by atoms with E-state index in [0.29, 0.717) is 37.3 Å². The van der Waals surface area contributed by atoms with E-state index in [2.05, 4.69) is 5.32 Å². The quantitative estimate of drug-likeness (QED) is 0.542. The van der Waals surface area contributed by atoms with Gasteiger partial charge in [0, 0.05) is 19.0 Å². The number of hydrogen-bond acceptors (Lipinski definition) is 4. The molecule has 0 heterocycles. The van der Waals surface area contributed by atoms with Crippen molar-refractivity contribution in [2.75, 3.05) is 20.8 Å². The van der Waals surface area contributed by atoms with E-state index in [-0.39, 0.29) is 17.9 Å². The summed E-state index contributed by atoms with van der Waals surface area (Å²) in [6, 6.07) is 15.2. The first kappa shape index (κ1) is 25.2. The molecule has 2 atom stereocenters. The molecule has 6 heteroatoms. The summed E-state index contributed by atoms with van der Waals surface area (Å²) in [4.78, 5) is 27.7. The maximum Gasteiger partial charge on any atom is 0.242 e. The maximum absolute atomic E-state index is 13.2. The van der Waals surface area contributed by atoms with Crippen LogP contribution in [0.25, 0.3) is 0 Å². The van der Waals surface area contributed by atoms with Crippen LogP contribution >= 0.6 is 0 Å². The van der Waals surface area contributed by atoms with Crippen LogP contribution in [0.2, 0.25) is 0 Å². The molecule has 0 aliphatic carbocycles. The third-order valence-electron chi connectivity index (χ3n) is 5.73. The Kier molecular flexibility index (Phi) is 10.1. The lowest BCUT2D eigenvalue weighted by atomic mass is 10.1. The third kappa shape index (κ3) is 7.29. The molecule has 32 heavy (non-hydrogen) atoms. The minimum absolute atomic E-state index is 0.0393. The van der Waals surface area contributed by atoms with Gasteiger partial charge in [-0.2, -0.15) is 0 Å². The summed E-state index contributed by atoms with van der Waals surface area (Å²) in [6.45, 7) is 6.29. The van der Waals surface area contributed by atoms with Gasteiger partial charge in [0.15, 0.2) is 11.5 Å². The van der Waals surface area contributed by atoms with Gasteiger partial charge in [0.1, 0.15) is 6.04 Å². The molecule has 2 amide bonds. The van der Waals surface area contributed by atoms with Crippen LogP contribution in [0.1, 0.15) is 44.7 Å². The van der Waals surface area contributed by atoms with Gasteiger partial charge in [-0.1, -0.05) is 43.3 Å². The molecule has 0 bridgehead atoms. The first-order valence-corrected chi connectivity index (χ1v) is 11.2. The molecule has 0 aliphatic heterocycles. The normalized spacial score (nSPS) is 12.5. The minimum Gasteiger partial charge on any atom is -0.493 e. The van der Waals surface area contributed by atoms with Crippen molar-refractivity contribution in [2.45, 2.75) is 58.5 Å². The lowest BCUT2D eigenvalue weighted by molar-refractivity contribution is -0.140. The van der Waals surface area contributed by atoms with Crippen LogP contribution < -0.4 is 14.8 Å². The SMILES string of the molecule is CC[C@H](C)NC(=O)[C@@H](C)N(CCc1ccccc1)C(=O)CCc1ccc(OC)c(OC)c1. The van der Waals surface area contributed by atoms with Crippen LogP contribution in [0.3, 0.4) is 0 Å². The molecule has 0 saturated carbocycles. The van der Waals surface area contributed by atoms with Gasteiger partial charge in [0.2, 0.25) is 11.8 Å². The molecule has 0 radical (unpaired) electrons. The average Bonchev–Trinajstić information content (AvgIpc) is 2.82. The molecular formula is C26H36N2O4. The molecule has 2 rings (SSSR count). The van der Waals surface area contributed by atoms with Crippen LogP contribution in [0, 0.1) is 0 Å². The molecule has 6 nitrogen and oxygen atoms in total. The summed E-state index contributed by atoms with van der Waals surface area (Å²) in [5.41, 5.74) is 2.12. The second-order valence-electron chi connectivity index (χ2n) is 8.01. The Morgan fingerprint density at radius 1 is 0.938 bits per heavy atom. The van der Waals surface area contributed by atoms with Crippen LogP contribution in [-0.2, 0) is 22.4 Å². The number of carbonyl (C=O) groups is 2. The van der Waals surface area contributed by atoms with Crippen molar-refractivity contribution >= 4 is 11.8 Å². The van der Waals surface area contributed by atoms with Crippen molar-refractivity contribution in [3.63, 3.8) is 0 Å². The van der Waals surface area contributed by atoms with Gasteiger partial charge in [-0.15, -0.1) is 0 Å². The topological polar surface area (TPSA) is 67.9 Å². The predicted octanol–water partition coefficient (Wildman–Crippen LogP) is 4.01. The number of ether oxygens (including phenoxy) is 2. The van der Waals surface area contributed by atoms with E-state index >= 15 is 0 Å². The molecular weight excluding hydrogens is 404 g/mol. The van der Waals surface area contributed by atoms with Gasteiger partial charge >= 0.3 is 0 Å². The number of nitrogens with zero attached hydrogens (tertiary/aromatic N) is 1. The molecule has 0 spiro atoms. The molecule has 0 fully saturated rings. The Labute approximate surface area is 191 Å². The largest absolute Gasteiger partial charge is 0.493 e. The second kappa shape index (κ2) is 12.7. The van der Waals surface area contributed by atoms with E-state index in [1.165, 1.54) is 0 Å². The number of nitrogens with one attached hydrogen (secondary N) is 1. The van der Waals surface area contributed by atoms with Gasteiger partial charge in [-0.25, -0.2) is 0 Å². The summed E-state index contributed by atoms with van der Waals surface area (Å²) < 4.78 is 10.6. The summed E-state index contributed by atoms with van der Waals surface area (Å²) in [7, 11) is 3.19. The smallest absolute Gasteiger partial charge is 0.242 e. The van der Waals surface area contributed by atoms with E-state index in [0.717, 1.165) is 17.5 Å². The first-order valence-electron chi connectivity index (χ1n) is 11.2. The number of rotatable bonds is 12. The Bertz CT molecular complexity index is 869. The number of carbonyl (C=O) groups excluding carboxylic acids is 2. The number of benzene rings is 2. The number of methoxy groups -OCH3 is 2. The minimum atomic E-state index is -0.536. The standard InChI is InChI=1S/C26H36N2O4/c1-6-19(2)27-26(30)20(3)28(17-16-21-10-8-7-9-11-21)25(29)15-13-22-12-14-23(31-4)24(18-22)32-5/h7-12,14,18-20H,6,13,15-17H2,1-5H3,(H,27,30)/t19-,20+/m0/s1. The Hall–Kier alpha value is -3.02. The highest BCUT2D eigenvalue weighted by Gasteiger charge is 2.26. The summed E-state index contributed by atoms with van der Waals surface area (Å²) in [5, 5.41) is 3.00. The first-order chi connectivity index (χ1) is 15.4. The lowest BCUT2D eigenvalue weighted by Crippen LogP contribution is -2.50. The van der Waals surface area contributed by atoms with E-state index in [9.17, 15) is 9.59 Å². The van der Waals surface area contributed by atoms with Gasteiger partial charge in [-0.05, 0) is 56.4 Å². The van der Waals surface area contributed by atoms with Crippen LogP contribution in [0.5, 0.6) is 11.5 Å². The van der Waals surface area contributed by atoms with Crippen molar-refractivity contribution < 1.29 is 19.1 Å². The Morgan fingerprint density at radius 2 is 1.62 bits per heavy atom. The fourth-order valence-corrected chi connectivity index (χ4v) is 3.47. The van der Waals surface area contributed by atoms with Crippen molar-refractivity contribution in [1.29, 1.82) is 0 Å². The highest BCUT2D eigenvalue weighted by atomic mass is 16.5. The zero-order chi connectivity index (χ0) is 23.5. The summed E-state index contributed by atoms with van der Waals surface area (Å²) >= 11 is 0. The number of hydrogen-bond donors (Lipinski definition) is 1. The van der Waals surface area contributed by atoms with Crippen LogP contribution in [-0.4, -0.2) is 49.6 Å². The summed E-state index contributed by atoms with van der Waals surface area (Å²) in [6.07, 6.45) is 2.41. The fraction of sp³-hybridized carbons (Fsp3) is 0.462. The molecule has 0 unspecified atom stereocenters. The number of aryl methyl sites for hydroxylation is 1. The molecule has 0 aliphatic rings. The van der Waals surface area contributed by atoms with Gasteiger partial charge in [0.05, 0.1) is 14.2 Å². The van der Waals surface area contributed by atoms with Gasteiger partial charge in [0.25, 0.3) is 0 Å². The highest BCUT2D eigenvalue weighted by molar-refractivity contribution is 5.87. The molecule has 2 aromatic rings. The highest BCUT2D eigenvalue weighted by Crippen LogP contribution is 2.28. The van der Waals surface area contributed by atoms with Gasteiger partial charge < -0.3 is 19.7 Å². The van der Waals surface area contributed by atoms with Crippen molar-refractivity contribution in [2.24, 2.45) is 0 Å². The maximum atomic E-state index is 13.2. The lowest BCUT2D eigenvalue weighted by Gasteiger charge is -2.29. The summed E-state index contributed by atoms with van der Waals surface area (Å²) in [5.74, 6) is 1.14. The van der Waals surface area contributed by atoms with E-state index in [1.54, 1.807) is 26.0 Å². The van der Waals surface area contributed by atoms with Crippen LogP contribution in [0.15, 0.2) is 48.5 Å². The molecule has 0 saturated heterocycles. The van der Waals surface area contributed by atoms with Crippen molar-refractivity contribution in [1.82, 2.24) is 10.2 Å². The van der Waals surface area contributed by atoms with Crippen LogP contribution in [0.4, 0.5) is 0 Å². The Balaban J connectivity index is 2.10. The number of amides is 2. The molecule has 2 aromatic carbocycles. The Morgan fingerprint density at radius 3 is 2.25 bits per heavy atom. The van der Waals surface area contributed by atoms with Gasteiger partial charge in [-0.3, -0.25) is 9.59 Å². The zero-order valence-electron chi connectivity index (χ0n) is 19.9. The predicted molar refractivity (Wildman–Crippen MR) is 127 cm³/mol. The molecule has 0 aromatic heterocycles. The van der Waals surface area contributed by atoms with E-state index in [1.807, 2.05) is 62.4 Å². The zero-order valence-corrected chi connectivity index (χ0v) is 19.9. The van der Waals surface area contributed by atoms with E-state index < -0.39 is 6.04 Å². The second-order valence-corrected chi connectivity index (χ2v) is 8.01.